The van der Waals surface area contributed by atoms with Gasteiger partial charge >= 0.3 is 5.97 Å². The summed E-state index contributed by atoms with van der Waals surface area (Å²) < 4.78 is 5.05. The van der Waals surface area contributed by atoms with Gasteiger partial charge < -0.3 is 15.4 Å². The number of nitrogens with one attached hydrogen (secondary N) is 2. The van der Waals surface area contributed by atoms with Crippen LogP contribution in [0.1, 0.15) is 98.4 Å². The fourth-order valence-electron chi connectivity index (χ4n) is 3.76. The number of methoxy groups -OCH3 is 1. The molecule has 1 aromatic heterocycles. The summed E-state index contributed by atoms with van der Waals surface area (Å²) in [4.78, 5) is 13.7. The molecule has 0 fully saturated rings. The smallest absolute Gasteiger partial charge is 0.341 e. The van der Waals surface area contributed by atoms with Gasteiger partial charge in [0.1, 0.15) is 5.00 Å². The Balaban J connectivity index is 1.78. The zero-order valence-electron chi connectivity index (χ0n) is 17.5. The molecule has 0 saturated carbocycles. The van der Waals surface area contributed by atoms with Crippen LogP contribution >= 0.6 is 23.6 Å². The second-order valence-corrected chi connectivity index (χ2v) is 9.13. The molecular weight excluding hydrogens is 388 g/mol. The molecule has 0 radical (unpaired) electrons. The third-order valence-electron chi connectivity index (χ3n) is 5.35. The lowest BCUT2D eigenvalue weighted by Gasteiger charge is -2.11. The van der Waals surface area contributed by atoms with Crippen molar-refractivity contribution >= 4 is 39.6 Å². The predicted octanol–water partition coefficient (Wildman–Crippen LogP) is 6.23. The van der Waals surface area contributed by atoms with E-state index >= 15 is 0 Å². The zero-order valence-corrected chi connectivity index (χ0v) is 19.2. The average molecular weight is 425 g/mol. The van der Waals surface area contributed by atoms with E-state index in [2.05, 4.69) is 17.6 Å². The number of aryl methyl sites for hydroxylation is 1. The summed E-state index contributed by atoms with van der Waals surface area (Å²) in [7, 11) is 1.45. The molecule has 0 aliphatic heterocycles. The molecule has 6 heteroatoms. The average Bonchev–Trinajstić information content (AvgIpc) is 2.86. The van der Waals surface area contributed by atoms with Gasteiger partial charge in [-0.1, -0.05) is 58.3 Å². The highest BCUT2D eigenvalue weighted by Crippen LogP contribution is 2.37. The Morgan fingerprint density at radius 2 is 1.71 bits per heavy atom. The molecule has 1 heterocycles. The summed E-state index contributed by atoms with van der Waals surface area (Å²) in [6.07, 6.45) is 16.0. The van der Waals surface area contributed by atoms with E-state index in [0.717, 1.165) is 37.2 Å². The number of unbranched alkanes of at least 4 members (excludes halogenated alkanes) is 7. The maximum atomic E-state index is 12.4. The standard InChI is InChI=1S/C22H36N2O2S2/c1-3-4-5-6-7-8-9-13-16-23-22(27)24-20-19(21(25)26-2)17-14-11-10-12-15-18(17)28-20/h3-16H2,1-2H3,(H2,23,24,27). The van der Waals surface area contributed by atoms with Gasteiger partial charge in [-0.15, -0.1) is 11.3 Å². The van der Waals surface area contributed by atoms with Crippen LogP contribution in [0.5, 0.6) is 0 Å². The fourth-order valence-corrected chi connectivity index (χ4v) is 5.31. The number of anilines is 1. The van der Waals surface area contributed by atoms with E-state index in [0.29, 0.717) is 10.7 Å². The van der Waals surface area contributed by atoms with Gasteiger partial charge in [0.05, 0.1) is 12.7 Å². The Bertz CT molecular complexity index is 628. The van der Waals surface area contributed by atoms with Crippen LogP contribution in [0.15, 0.2) is 0 Å². The van der Waals surface area contributed by atoms with Crippen molar-refractivity contribution in [1.82, 2.24) is 5.32 Å². The van der Waals surface area contributed by atoms with E-state index in [1.54, 1.807) is 11.3 Å². The predicted molar refractivity (Wildman–Crippen MR) is 124 cm³/mol. The fraction of sp³-hybridized carbons (Fsp3) is 0.727. The largest absolute Gasteiger partial charge is 0.465 e. The first-order valence-corrected chi connectivity index (χ1v) is 12.2. The van der Waals surface area contributed by atoms with Crippen molar-refractivity contribution in [2.45, 2.75) is 90.4 Å². The topological polar surface area (TPSA) is 50.4 Å². The molecule has 158 valence electrons. The number of fused-ring (bicyclic) bond motifs is 1. The van der Waals surface area contributed by atoms with E-state index in [1.807, 2.05) is 0 Å². The molecule has 2 rings (SSSR count). The van der Waals surface area contributed by atoms with Crippen LogP contribution in [0.2, 0.25) is 0 Å². The minimum atomic E-state index is -0.257. The number of carbonyl (C=O) groups is 1. The molecular formula is C22H36N2O2S2. The van der Waals surface area contributed by atoms with Crippen molar-refractivity contribution in [3.05, 3.63) is 16.0 Å². The van der Waals surface area contributed by atoms with Crippen molar-refractivity contribution in [2.75, 3.05) is 19.0 Å². The monoisotopic (exact) mass is 424 g/mol. The van der Waals surface area contributed by atoms with Crippen molar-refractivity contribution in [3.8, 4) is 0 Å². The van der Waals surface area contributed by atoms with Crippen LogP contribution < -0.4 is 10.6 Å². The van der Waals surface area contributed by atoms with Crippen molar-refractivity contribution < 1.29 is 9.53 Å². The molecule has 1 aliphatic carbocycles. The summed E-state index contributed by atoms with van der Waals surface area (Å²) in [6, 6.07) is 0. The van der Waals surface area contributed by atoms with Gasteiger partial charge in [0.15, 0.2) is 5.11 Å². The normalized spacial score (nSPS) is 13.5. The number of rotatable bonds is 11. The Labute approximate surface area is 179 Å². The van der Waals surface area contributed by atoms with E-state index in [4.69, 9.17) is 17.0 Å². The lowest BCUT2D eigenvalue weighted by molar-refractivity contribution is 0.0601. The highest BCUT2D eigenvalue weighted by Gasteiger charge is 2.25. The first-order chi connectivity index (χ1) is 13.7. The lowest BCUT2D eigenvalue weighted by Crippen LogP contribution is -2.29. The molecule has 0 spiro atoms. The van der Waals surface area contributed by atoms with Crippen LogP contribution in [0.25, 0.3) is 0 Å². The number of hydrogen-bond acceptors (Lipinski definition) is 4. The molecule has 0 aromatic carbocycles. The lowest BCUT2D eigenvalue weighted by atomic mass is 10.1. The van der Waals surface area contributed by atoms with Crippen LogP contribution in [0.3, 0.4) is 0 Å². The van der Waals surface area contributed by atoms with Crippen molar-refractivity contribution in [3.63, 3.8) is 0 Å². The summed E-state index contributed by atoms with van der Waals surface area (Å²) in [6.45, 7) is 3.13. The van der Waals surface area contributed by atoms with Gasteiger partial charge in [0.25, 0.3) is 0 Å². The number of esters is 1. The van der Waals surface area contributed by atoms with Crippen LogP contribution in [-0.4, -0.2) is 24.7 Å². The molecule has 0 saturated heterocycles. The SMILES string of the molecule is CCCCCCCCCCNC(=S)Nc1sc2c(c1C(=O)OC)CCCCC2. The minimum absolute atomic E-state index is 0.257. The maximum absolute atomic E-state index is 12.4. The molecule has 1 aromatic rings. The molecule has 0 unspecified atom stereocenters. The van der Waals surface area contributed by atoms with E-state index in [9.17, 15) is 4.79 Å². The van der Waals surface area contributed by atoms with Gasteiger partial charge in [-0.2, -0.15) is 0 Å². The third kappa shape index (κ3) is 7.36. The Morgan fingerprint density at radius 1 is 1.04 bits per heavy atom. The van der Waals surface area contributed by atoms with Gasteiger partial charge in [-0.05, 0) is 49.9 Å². The molecule has 2 N–H and O–H groups in total. The first-order valence-electron chi connectivity index (χ1n) is 10.9. The second kappa shape index (κ2) is 13.2. The molecule has 0 amide bonds. The zero-order chi connectivity index (χ0) is 20.2. The number of thiocarbonyl (C=S) groups is 1. The Morgan fingerprint density at radius 3 is 2.43 bits per heavy atom. The summed E-state index contributed by atoms with van der Waals surface area (Å²) >= 11 is 7.13. The van der Waals surface area contributed by atoms with Crippen molar-refractivity contribution in [1.29, 1.82) is 0 Å². The second-order valence-electron chi connectivity index (χ2n) is 7.62. The van der Waals surface area contributed by atoms with Crippen LogP contribution in [0.4, 0.5) is 5.00 Å². The molecule has 4 nitrogen and oxygen atoms in total. The minimum Gasteiger partial charge on any atom is -0.465 e. The quantitative estimate of drug-likeness (QED) is 0.191. The summed E-state index contributed by atoms with van der Waals surface area (Å²) in [5.74, 6) is -0.257. The number of thiophene rings is 1. The van der Waals surface area contributed by atoms with Gasteiger partial charge in [0, 0.05) is 11.4 Å². The summed E-state index contributed by atoms with van der Waals surface area (Å²) in [5, 5.41) is 8.00. The number of ether oxygens (including phenoxy) is 1. The molecule has 0 bridgehead atoms. The van der Waals surface area contributed by atoms with Gasteiger partial charge in [-0.25, -0.2) is 4.79 Å². The van der Waals surface area contributed by atoms with Gasteiger partial charge in [0.2, 0.25) is 0 Å². The Hall–Kier alpha value is -1.14. The molecule has 0 atom stereocenters. The van der Waals surface area contributed by atoms with E-state index < -0.39 is 0 Å². The first kappa shape index (κ1) is 23.1. The van der Waals surface area contributed by atoms with Gasteiger partial charge in [-0.3, -0.25) is 0 Å². The summed E-state index contributed by atoms with van der Waals surface area (Å²) in [5.41, 5.74) is 1.86. The number of hydrogen-bond donors (Lipinski definition) is 2. The van der Waals surface area contributed by atoms with Crippen molar-refractivity contribution in [2.24, 2.45) is 0 Å². The molecule has 1 aliphatic rings. The van der Waals surface area contributed by atoms with Crippen LogP contribution in [0, 0.1) is 0 Å². The van der Waals surface area contributed by atoms with E-state index in [-0.39, 0.29) is 5.97 Å². The molecule has 28 heavy (non-hydrogen) atoms. The maximum Gasteiger partial charge on any atom is 0.341 e. The third-order valence-corrected chi connectivity index (χ3v) is 6.81. The number of carbonyl (C=O) groups excluding carboxylic acids is 1. The Kier molecular flexibility index (Phi) is 10.9. The van der Waals surface area contributed by atoms with Crippen LogP contribution in [-0.2, 0) is 17.6 Å². The van der Waals surface area contributed by atoms with E-state index in [1.165, 1.54) is 75.3 Å². The highest BCUT2D eigenvalue weighted by atomic mass is 32.1. The highest BCUT2D eigenvalue weighted by molar-refractivity contribution is 7.80.